The van der Waals surface area contributed by atoms with Crippen LogP contribution in [0.2, 0.25) is 0 Å². The van der Waals surface area contributed by atoms with E-state index in [0.717, 1.165) is 77.3 Å². The Morgan fingerprint density at radius 3 is 1.58 bits per heavy atom. The van der Waals surface area contributed by atoms with Gasteiger partial charge in [0.15, 0.2) is 0 Å². The van der Waals surface area contributed by atoms with E-state index in [1.165, 1.54) is 0 Å². The molecule has 19 heavy (non-hydrogen) atoms. The second kappa shape index (κ2) is 10.3. The van der Waals surface area contributed by atoms with Gasteiger partial charge in [0.1, 0.15) is 0 Å². The van der Waals surface area contributed by atoms with Crippen molar-refractivity contribution >= 4 is 23.9 Å². The minimum atomic E-state index is 0.839. The standard InChI is InChI=1S/C12H24N2O3S2/c1-5-15-6-2-13(1)18-11-9-17-10-12-19-14-3-7-16-8-4-14/h1-12H2. The van der Waals surface area contributed by atoms with Crippen LogP contribution in [0, 0.1) is 0 Å². The third-order valence-corrected chi connectivity index (χ3v) is 5.10. The normalized spacial score (nSPS) is 22.7. The molecule has 0 amide bonds. The van der Waals surface area contributed by atoms with Crippen LogP contribution in [0.3, 0.4) is 0 Å². The molecule has 0 bridgehead atoms. The van der Waals surface area contributed by atoms with Gasteiger partial charge in [-0.2, -0.15) is 0 Å². The lowest BCUT2D eigenvalue weighted by Gasteiger charge is -2.25. The maximum Gasteiger partial charge on any atom is 0.0603 e. The highest BCUT2D eigenvalue weighted by Crippen LogP contribution is 2.13. The van der Waals surface area contributed by atoms with Crippen LogP contribution in [-0.2, 0) is 14.2 Å². The molecule has 0 aromatic carbocycles. The Labute approximate surface area is 124 Å². The fourth-order valence-electron chi connectivity index (χ4n) is 1.90. The molecule has 112 valence electrons. The molecule has 0 aliphatic carbocycles. The number of hydrogen-bond donors (Lipinski definition) is 0. The lowest BCUT2D eigenvalue weighted by atomic mass is 10.5. The van der Waals surface area contributed by atoms with Gasteiger partial charge in [-0.1, -0.05) is 23.9 Å². The Morgan fingerprint density at radius 1 is 0.737 bits per heavy atom. The summed E-state index contributed by atoms with van der Waals surface area (Å²) in [7, 11) is 0. The van der Waals surface area contributed by atoms with Crippen LogP contribution < -0.4 is 0 Å². The summed E-state index contributed by atoms with van der Waals surface area (Å²) in [6.07, 6.45) is 0. The molecule has 0 N–H and O–H groups in total. The average Bonchev–Trinajstić information content (AvgIpc) is 2.48. The first kappa shape index (κ1) is 15.9. The Morgan fingerprint density at radius 2 is 1.16 bits per heavy atom. The zero-order valence-electron chi connectivity index (χ0n) is 11.4. The number of nitrogens with zero attached hydrogens (tertiary/aromatic N) is 2. The minimum Gasteiger partial charge on any atom is -0.380 e. The molecular weight excluding hydrogens is 284 g/mol. The van der Waals surface area contributed by atoms with Crippen LogP contribution in [0.4, 0.5) is 0 Å². The first-order valence-corrected chi connectivity index (χ1v) is 8.82. The molecular formula is C12H24N2O3S2. The molecule has 0 aromatic rings. The van der Waals surface area contributed by atoms with Crippen molar-refractivity contribution in [2.24, 2.45) is 0 Å². The van der Waals surface area contributed by atoms with Crippen LogP contribution in [0.5, 0.6) is 0 Å². The second-order valence-electron chi connectivity index (χ2n) is 4.36. The smallest absolute Gasteiger partial charge is 0.0603 e. The Kier molecular flexibility index (Phi) is 8.57. The highest BCUT2D eigenvalue weighted by molar-refractivity contribution is 7.97. The Bertz CT molecular complexity index is 203. The average molecular weight is 308 g/mol. The molecule has 2 aliphatic heterocycles. The van der Waals surface area contributed by atoms with Crippen molar-refractivity contribution in [3.05, 3.63) is 0 Å². The monoisotopic (exact) mass is 308 g/mol. The van der Waals surface area contributed by atoms with Gasteiger partial charge in [-0.05, 0) is 0 Å². The van der Waals surface area contributed by atoms with Gasteiger partial charge in [0, 0.05) is 37.7 Å². The van der Waals surface area contributed by atoms with E-state index in [-0.39, 0.29) is 0 Å². The molecule has 0 radical (unpaired) electrons. The van der Waals surface area contributed by atoms with Crippen molar-refractivity contribution < 1.29 is 14.2 Å². The fourth-order valence-corrected chi connectivity index (χ4v) is 3.62. The van der Waals surface area contributed by atoms with Crippen molar-refractivity contribution in [3.8, 4) is 0 Å². The molecule has 0 saturated carbocycles. The maximum absolute atomic E-state index is 5.66. The van der Waals surface area contributed by atoms with Gasteiger partial charge < -0.3 is 14.2 Å². The summed E-state index contributed by atoms with van der Waals surface area (Å²) in [5.74, 6) is 2.09. The third-order valence-electron chi connectivity index (χ3n) is 2.94. The number of morpholine rings is 2. The van der Waals surface area contributed by atoms with Crippen LogP contribution in [0.1, 0.15) is 0 Å². The Balaban J connectivity index is 1.35. The maximum atomic E-state index is 5.66. The SMILES string of the molecule is C(CSN1CCOCC1)OCCSN1CCOCC1. The highest BCUT2D eigenvalue weighted by atomic mass is 32.2. The summed E-state index contributed by atoms with van der Waals surface area (Å²) >= 11 is 3.76. The zero-order valence-corrected chi connectivity index (χ0v) is 13.1. The number of ether oxygens (including phenoxy) is 3. The largest absolute Gasteiger partial charge is 0.380 e. The first-order valence-electron chi connectivity index (χ1n) is 6.94. The van der Waals surface area contributed by atoms with E-state index in [4.69, 9.17) is 14.2 Å². The molecule has 2 aliphatic rings. The van der Waals surface area contributed by atoms with Crippen LogP contribution in [-0.4, -0.2) is 85.9 Å². The predicted octanol–water partition coefficient (Wildman–Crippen LogP) is 0.964. The summed E-state index contributed by atoms with van der Waals surface area (Å²) in [5, 5.41) is 0. The summed E-state index contributed by atoms with van der Waals surface area (Å²) in [4.78, 5) is 0. The van der Waals surface area contributed by atoms with Gasteiger partial charge in [0.2, 0.25) is 0 Å². The van der Waals surface area contributed by atoms with Crippen molar-refractivity contribution in [3.63, 3.8) is 0 Å². The van der Waals surface area contributed by atoms with E-state index in [2.05, 4.69) is 8.61 Å². The van der Waals surface area contributed by atoms with E-state index >= 15 is 0 Å². The van der Waals surface area contributed by atoms with Crippen LogP contribution in [0.25, 0.3) is 0 Å². The van der Waals surface area contributed by atoms with E-state index in [0.29, 0.717) is 0 Å². The van der Waals surface area contributed by atoms with Gasteiger partial charge in [-0.3, -0.25) is 0 Å². The van der Waals surface area contributed by atoms with Gasteiger partial charge >= 0.3 is 0 Å². The van der Waals surface area contributed by atoms with Crippen molar-refractivity contribution in [1.29, 1.82) is 0 Å². The molecule has 2 fully saturated rings. The van der Waals surface area contributed by atoms with Crippen LogP contribution >= 0.6 is 23.9 Å². The molecule has 7 heteroatoms. The van der Waals surface area contributed by atoms with E-state index in [9.17, 15) is 0 Å². The predicted molar refractivity (Wildman–Crippen MR) is 80.5 cm³/mol. The van der Waals surface area contributed by atoms with Crippen molar-refractivity contribution in [1.82, 2.24) is 8.61 Å². The van der Waals surface area contributed by atoms with E-state index in [1.807, 2.05) is 23.9 Å². The van der Waals surface area contributed by atoms with E-state index in [1.54, 1.807) is 0 Å². The summed E-state index contributed by atoms with van der Waals surface area (Å²) in [6.45, 7) is 9.30. The molecule has 2 saturated heterocycles. The lowest BCUT2D eigenvalue weighted by Crippen LogP contribution is -2.32. The molecule has 0 spiro atoms. The van der Waals surface area contributed by atoms with Crippen molar-refractivity contribution in [2.75, 3.05) is 77.3 Å². The third kappa shape index (κ3) is 7.17. The molecule has 2 rings (SSSR count). The molecule has 5 nitrogen and oxygen atoms in total. The van der Waals surface area contributed by atoms with E-state index < -0.39 is 0 Å². The highest BCUT2D eigenvalue weighted by Gasteiger charge is 2.11. The van der Waals surface area contributed by atoms with Gasteiger partial charge in [-0.25, -0.2) is 8.61 Å². The summed E-state index contributed by atoms with van der Waals surface area (Å²) in [6, 6.07) is 0. The lowest BCUT2D eigenvalue weighted by molar-refractivity contribution is 0.0766. The molecule has 0 atom stereocenters. The van der Waals surface area contributed by atoms with Crippen LogP contribution in [0.15, 0.2) is 0 Å². The molecule has 2 heterocycles. The van der Waals surface area contributed by atoms with Gasteiger partial charge in [-0.15, -0.1) is 0 Å². The van der Waals surface area contributed by atoms with Crippen molar-refractivity contribution in [2.45, 2.75) is 0 Å². The van der Waals surface area contributed by atoms with Gasteiger partial charge in [0.05, 0.1) is 39.6 Å². The molecule has 0 unspecified atom stereocenters. The first-order chi connectivity index (χ1) is 9.45. The number of rotatable bonds is 8. The number of hydrogen-bond acceptors (Lipinski definition) is 7. The summed E-state index contributed by atoms with van der Waals surface area (Å²) in [5.41, 5.74) is 0. The minimum absolute atomic E-state index is 0.839. The molecule has 0 aromatic heterocycles. The zero-order chi connectivity index (χ0) is 13.2. The summed E-state index contributed by atoms with van der Waals surface area (Å²) < 4.78 is 21.0. The topological polar surface area (TPSA) is 34.2 Å². The second-order valence-corrected chi connectivity index (χ2v) is 6.73. The Hall–Kier alpha value is 0.500. The fraction of sp³-hybridized carbons (Fsp3) is 1.00. The quantitative estimate of drug-likeness (QED) is 0.488. The van der Waals surface area contributed by atoms with Gasteiger partial charge in [0.25, 0.3) is 0 Å².